The average Bonchev–Trinajstić information content (AvgIpc) is 2.50. The fourth-order valence-electron chi connectivity index (χ4n) is 2.02. The number of nitrogens with one attached hydrogen (secondary N) is 1. The number of anilines is 1. The summed E-state index contributed by atoms with van der Waals surface area (Å²) in [4.78, 5) is 22.0. The van der Waals surface area contributed by atoms with Crippen molar-refractivity contribution in [2.24, 2.45) is 0 Å². The molecule has 7 nitrogen and oxygen atoms in total. The highest BCUT2D eigenvalue weighted by Gasteiger charge is 2.18. The number of aliphatic hydroxyl groups is 1. The number of hydrogen-bond donors (Lipinski definition) is 3. The number of nitrogens with zero attached hydrogens (tertiary/aromatic N) is 3. The molecule has 2 rings (SSSR count). The Morgan fingerprint density at radius 3 is 2.61 bits per heavy atom. The van der Waals surface area contributed by atoms with Crippen molar-refractivity contribution >= 4 is 35.1 Å². The van der Waals surface area contributed by atoms with Crippen LogP contribution >= 0.6 is 12.4 Å². The van der Waals surface area contributed by atoms with E-state index < -0.39 is 18.6 Å². The Balaban J connectivity index is 0.00000264. The number of halogens is 1. The highest BCUT2D eigenvalue weighted by molar-refractivity contribution is 5.90. The second-order valence-electron chi connectivity index (χ2n) is 5.28. The number of carboxylic acids is 1. The zero-order chi connectivity index (χ0) is 16.1. The van der Waals surface area contributed by atoms with E-state index in [9.17, 15) is 9.90 Å². The fourth-order valence-corrected chi connectivity index (χ4v) is 2.02. The first kappa shape index (κ1) is 19.1. The molecule has 0 bridgehead atoms. The highest BCUT2D eigenvalue weighted by atomic mass is 35.5. The summed E-state index contributed by atoms with van der Waals surface area (Å²) in [7, 11) is 3.93. The van der Waals surface area contributed by atoms with Crippen molar-refractivity contribution in [1.82, 2.24) is 14.9 Å². The van der Waals surface area contributed by atoms with Gasteiger partial charge in [-0.05, 0) is 26.2 Å². The van der Waals surface area contributed by atoms with Crippen LogP contribution in [0.1, 0.15) is 5.82 Å². The van der Waals surface area contributed by atoms with E-state index in [0.29, 0.717) is 18.1 Å². The third-order valence-electron chi connectivity index (χ3n) is 3.22. The molecule has 8 heteroatoms. The van der Waals surface area contributed by atoms with E-state index in [0.717, 1.165) is 17.4 Å². The standard InChI is InChI=1S/C15H20N4O3.ClH/c1-19(2)8-7-13-16-11-6-4-3-5-10(11)14(18-13)17-12(9-20)15(21)22;/h3-6,12,20H,7-9H2,1-2H3,(H,21,22)(H,16,17,18);1H. The summed E-state index contributed by atoms with van der Waals surface area (Å²) in [5.74, 6) is -0.0576. The Morgan fingerprint density at radius 1 is 1.30 bits per heavy atom. The van der Waals surface area contributed by atoms with E-state index in [1.807, 2.05) is 43.3 Å². The summed E-state index contributed by atoms with van der Waals surface area (Å²) in [5.41, 5.74) is 0.746. The summed E-state index contributed by atoms with van der Waals surface area (Å²) in [5, 5.41) is 21.8. The number of carbonyl (C=O) groups is 1. The van der Waals surface area contributed by atoms with Gasteiger partial charge in [-0.15, -0.1) is 12.4 Å². The average molecular weight is 341 g/mol. The number of aliphatic hydroxyl groups excluding tert-OH is 1. The number of para-hydroxylation sites is 1. The molecule has 1 aromatic heterocycles. The van der Waals surface area contributed by atoms with E-state index >= 15 is 0 Å². The van der Waals surface area contributed by atoms with Gasteiger partial charge in [0.25, 0.3) is 0 Å². The van der Waals surface area contributed by atoms with Gasteiger partial charge < -0.3 is 20.4 Å². The third kappa shape index (κ3) is 5.02. The van der Waals surface area contributed by atoms with Crippen LogP contribution in [0.25, 0.3) is 10.9 Å². The van der Waals surface area contributed by atoms with E-state index in [1.54, 1.807) is 0 Å². The molecule has 0 aliphatic heterocycles. The maximum atomic E-state index is 11.1. The second-order valence-corrected chi connectivity index (χ2v) is 5.28. The van der Waals surface area contributed by atoms with Crippen molar-refractivity contribution in [3.8, 4) is 0 Å². The zero-order valence-corrected chi connectivity index (χ0v) is 13.9. The molecular formula is C15H21ClN4O3. The quantitative estimate of drug-likeness (QED) is 0.692. The maximum Gasteiger partial charge on any atom is 0.328 e. The number of benzene rings is 1. The SMILES string of the molecule is CN(C)CCc1nc(NC(CO)C(=O)O)c2ccccc2n1.Cl. The van der Waals surface area contributed by atoms with Crippen molar-refractivity contribution in [3.05, 3.63) is 30.1 Å². The molecule has 0 fully saturated rings. The number of fused-ring (bicyclic) bond motifs is 1. The lowest BCUT2D eigenvalue weighted by molar-refractivity contribution is -0.138. The smallest absolute Gasteiger partial charge is 0.328 e. The van der Waals surface area contributed by atoms with Crippen molar-refractivity contribution in [2.75, 3.05) is 32.6 Å². The van der Waals surface area contributed by atoms with Crippen LogP contribution in [0.5, 0.6) is 0 Å². The van der Waals surface area contributed by atoms with Crippen LogP contribution < -0.4 is 5.32 Å². The van der Waals surface area contributed by atoms with Gasteiger partial charge in [-0.3, -0.25) is 0 Å². The molecule has 23 heavy (non-hydrogen) atoms. The molecular weight excluding hydrogens is 320 g/mol. The minimum Gasteiger partial charge on any atom is -0.480 e. The minimum atomic E-state index is -1.12. The summed E-state index contributed by atoms with van der Waals surface area (Å²) in [6.07, 6.45) is 0.656. The van der Waals surface area contributed by atoms with Crippen molar-refractivity contribution in [3.63, 3.8) is 0 Å². The molecule has 3 N–H and O–H groups in total. The van der Waals surface area contributed by atoms with Crippen molar-refractivity contribution in [2.45, 2.75) is 12.5 Å². The molecule has 0 radical (unpaired) electrons. The van der Waals surface area contributed by atoms with Gasteiger partial charge in [0.2, 0.25) is 0 Å². The first-order valence-electron chi connectivity index (χ1n) is 7.02. The van der Waals surface area contributed by atoms with Gasteiger partial charge in [0.15, 0.2) is 0 Å². The molecule has 1 aromatic carbocycles. The first-order valence-corrected chi connectivity index (χ1v) is 7.02. The number of rotatable bonds is 7. The van der Waals surface area contributed by atoms with Gasteiger partial charge in [-0.25, -0.2) is 14.8 Å². The van der Waals surface area contributed by atoms with E-state index in [4.69, 9.17) is 5.11 Å². The van der Waals surface area contributed by atoms with Crippen LogP contribution in [0.15, 0.2) is 24.3 Å². The molecule has 0 aliphatic rings. The predicted octanol–water partition coefficient (Wildman–Crippen LogP) is 1.01. The van der Waals surface area contributed by atoms with Gasteiger partial charge in [-0.1, -0.05) is 12.1 Å². The van der Waals surface area contributed by atoms with Crippen molar-refractivity contribution in [1.29, 1.82) is 0 Å². The fraction of sp³-hybridized carbons (Fsp3) is 0.400. The molecule has 126 valence electrons. The van der Waals surface area contributed by atoms with Crippen LogP contribution in [0.4, 0.5) is 5.82 Å². The molecule has 0 saturated carbocycles. The lowest BCUT2D eigenvalue weighted by Crippen LogP contribution is -2.33. The molecule has 1 unspecified atom stereocenters. The topological polar surface area (TPSA) is 98.6 Å². The number of hydrogen-bond acceptors (Lipinski definition) is 6. The van der Waals surface area contributed by atoms with E-state index in [2.05, 4.69) is 15.3 Å². The Kier molecular flexibility index (Phi) is 7.15. The van der Waals surface area contributed by atoms with Gasteiger partial charge in [-0.2, -0.15) is 0 Å². The Bertz CT molecular complexity index is 666. The molecule has 1 atom stereocenters. The Morgan fingerprint density at radius 2 is 2.00 bits per heavy atom. The van der Waals surface area contributed by atoms with Gasteiger partial charge in [0.05, 0.1) is 12.1 Å². The molecule has 0 saturated heterocycles. The normalized spacial score (nSPS) is 12.0. The van der Waals surface area contributed by atoms with Gasteiger partial charge in [0.1, 0.15) is 17.7 Å². The van der Waals surface area contributed by atoms with Crippen molar-refractivity contribution < 1.29 is 15.0 Å². The molecule has 1 heterocycles. The van der Waals surface area contributed by atoms with E-state index in [-0.39, 0.29) is 12.4 Å². The monoisotopic (exact) mass is 340 g/mol. The summed E-state index contributed by atoms with van der Waals surface area (Å²) < 4.78 is 0. The molecule has 0 amide bonds. The Labute approximate surface area is 140 Å². The predicted molar refractivity (Wildman–Crippen MR) is 91.2 cm³/mol. The summed E-state index contributed by atoms with van der Waals surface area (Å²) in [6.45, 7) is 0.279. The molecule has 0 spiro atoms. The highest BCUT2D eigenvalue weighted by Crippen LogP contribution is 2.21. The summed E-state index contributed by atoms with van der Waals surface area (Å²) in [6, 6.07) is 6.29. The first-order chi connectivity index (χ1) is 10.5. The Hall–Kier alpha value is -1.96. The van der Waals surface area contributed by atoms with Crippen LogP contribution in [0, 0.1) is 0 Å². The number of carboxylic acid groups (broad SMARTS) is 1. The second kappa shape index (κ2) is 8.61. The van der Waals surface area contributed by atoms with Crippen LogP contribution in [-0.2, 0) is 11.2 Å². The van der Waals surface area contributed by atoms with Gasteiger partial charge in [0, 0.05) is 18.4 Å². The van der Waals surface area contributed by atoms with Crippen LogP contribution in [0.2, 0.25) is 0 Å². The minimum absolute atomic E-state index is 0. The largest absolute Gasteiger partial charge is 0.480 e. The summed E-state index contributed by atoms with van der Waals surface area (Å²) >= 11 is 0. The number of aliphatic carboxylic acids is 1. The van der Waals surface area contributed by atoms with E-state index in [1.165, 1.54) is 0 Å². The number of aromatic nitrogens is 2. The lowest BCUT2D eigenvalue weighted by Gasteiger charge is -2.15. The lowest BCUT2D eigenvalue weighted by atomic mass is 10.2. The van der Waals surface area contributed by atoms with Crippen LogP contribution in [-0.4, -0.2) is 64.3 Å². The third-order valence-corrected chi connectivity index (χ3v) is 3.22. The zero-order valence-electron chi connectivity index (χ0n) is 13.1. The number of likely N-dealkylation sites (N-methyl/N-ethyl adjacent to an activating group) is 1. The van der Waals surface area contributed by atoms with Gasteiger partial charge >= 0.3 is 5.97 Å². The molecule has 2 aromatic rings. The van der Waals surface area contributed by atoms with Crippen LogP contribution in [0.3, 0.4) is 0 Å². The maximum absolute atomic E-state index is 11.1. The molecule has 0 aliphatic carbocycles.